The SMILES string of the molecule is CC(CN)CNC(=O)c1ccc(S(=O)(=O)NCCc2cccs2)cc1. The molecule has 6 nitrogen and oxygen atoms in total. The molecule has 1 amide bonds. The molecule has 0 saturated carbocycles. The summed E-state index contributed by atoms with van der Waals surface area (Å²) < 4.78 is 27.1. The van der Waals surface area contributed by atoms with E-state index in [0.29, 0.717) is 31.6 Å². The Morgan fingerprint density at radius 3 is 2.56 bits per heavy atom. The maximum absolute atomic E-state index is 12.3. The zero-order valence-electron chi connectivity index (χ0n) is 14.1. The maximum Gasteiger partial charge on any atom is 0.251 e. The monoisotopic (exact) mass is 381 g/mol. The van der Waals surface area contributed by atoms with Gasteiger partial charge in [0.25, 0.3) is 5.91 Å². The molecule has 0 bridgehead atoms. The van der Waals surface area contributed by atoms with Crippen LogP contribution >= 0.6 is 11.3 Å². The van der Waals surface area contributed by atoms with Crippen molar-refractivity contribution >= 4 is 27.3 Å². The summed E-state index contributed by atoms with van der Waals surface area (Å²) >= 11 is 1.60. The van der Waals surface area contributed by atoms with Gasteiger partial charge in [-0.05, 0) is 54.6 Å². The second-order valence-corrected chi connectivity index (χ2v) is 8.60. The Morgan fingerprint density at radius 2 is 1.96 bits per heavy atom. The van der Waals surface area contributed by atoms with Gasteiger partial charge in [-0.2, -0.15) is 0 Å². The second kappa shape index (κ2) is 9.10. The molecule has 1 unspecified atom stereocenters. The molecule has 1 atom stereocenters. The molecule has 2 rings (SSSR count). The van der Waals surface area contributed by atoms with Crippen molar-refractivity contribution in [3.05, 3.63) is 52.2 Å². The number of rotatable bonds is 9. The number of carbonyl (C=O) groups is 1. The number of nitrogens with two attached hydrogens (primary N) is 1. The minimum Gasteiger partial charge on any atom is -0.352 e. The molecular formula is C17H23N3O3S2. The fraction of sp³-hybridized carbons (Fsp3) is 0.353. The van der Waals surface area contributed by atoms with Crippen LogP contribution in [-0.2, 0) is 16.4 Å². The summed E-state index contributed by atoms with van der Waals surface area (Å²) in [4.78, 5) is 13.3. The molecule has 0 radical (unpaired) electrons. The molecule has 0 spiro atoms. The van der Waals surface area contributed by atoms with Crippen LogP contribution in [0.25, 0.3) is 0 Å². The molecule has 136 valence electrons. The summed E-state index contributed by atoms with van der Waals surface area (Å²) in [5.74, 6) is -0.0500. The Morgan fingerprint density at radius 1 is 1.24 bits per heavy atom. The first-order valence-electron chi connectivity index (χ1n) is 8.02. The van der Waals surface area contributed by atoms with Crippen LogP contribution in [0.15, 0.2) is 46.7 Å². The third-order valence-corrected chi connectivity index (χ3v) is 6.10. The highest BCUT2D eigenvalue weighted by molar-refractivity contribution is 7.89. The third kappa shape index (κ3) is 5.93. The predicted octanol–water partition coefficient (Wildman–Crippen LogP) is 1.59. The zero-order chi connectivity index (χ0) is 18.3. The Bertz CT molecular complexity index is 772. The van der Waals surface area contributed by atoms with Gasteiger partial charge in [-0.15, -0.1) is 11.3 Å². The van der Waals surface area contributed by atoms with E-state index in [1.54, 1.807) is 11.3 Å². The molecule has 1 aromatic carbocycles. The third-order valence-electron chi connectivity index (χ3n) is 3.68. The minimum absolute atomic E-state index is 0.144. The minimum atomic E-state index is -3.58. The van der Waals surface area contributed by atoms with Crippen molar-refractivity contribution in [1.82, 2.24) is 10.0 Å². The standard InChI is InChI=1S/C17H23N3O3S2/c1-13(11-18)12-19-17(21)14-4-6-16(7-5-14)25(22,23)20-9-8-15-3-2-10-24-15/h2-7,10,13,20H,8-9,11-12,18H2,1H3,(H,19,21). The molecule has 0 aliphatic rings. The van der Waals surface area contributed by atoms with E-state index in [0.717, 1.165) is 4.88 Å². The van der Waals surface area contributed by atoms with E-state index in [4.69, 9.17) is 5.73 Å². The molecule has 25 heavy (non-hydrogen) atoms. The number of carbonyl (C=O) groups excluding carboxylic acids is 1. The summed E-state index contributed by atoms with van der Waals surface area (Å²) in [5.41, 5.74) is 5.93. The van der Waals surface area contributed by atoms with E-state index in [-0.39, 0.29) is 16.7 Å². The molecule has 8 heteroatoms. The maximum atomic E-state index is 12.3. The molecule has 0 saturated heterocycles. The summed E-state index contributed by atoms with van der Waals surface area (Å²) in [6, 6.07) is 9.81. The van der Waals surface area contributed by atoms with Crippen LogP contribution in [0.5, 0.6) is 0 Å². The van der Waals surface area contributed by atoms with Crippen molar-refractivity contribution in [2.45, 2.75) is 18.2 Å². The molecule has 1 heterocycles. The van der Waals surface area contributed by atoms with Crippen molar-refractivity contribution < 1.29 is 13.2 Å². The Labute approximate surface area is 152 Å². The zero-order valence-corrected chi connectivity index (χ0v) is 15.7. The van der Waals surface area contributed by atoms with Gasteiger partial charge in [0.15, 0.2) is 0 Å². The fourth-order valence-electron chi connectivity index (χ4n) is 2.08. The van der Waals surface area contributed by atoms with Crippen LogP contribution in [0.4, 0.5) is 0 Å². The van der Waals surface area contributed by atoms with Gasteiger partial charge in [0.1, 0.15) is 0 Å². The number of thiophene rings is 1. The smallest absolute Gasteiger partial charge is 0.251 e. The number of nitrogens with one attached hydrogen (secondary N) is 2. The first kappa shape index (κ1) is 19.6. The van der Waals surface area contributed by atoms with Crippen molar-refractivity contribution in [2.24, 2.45) is 11.7 Å². The Hall–Kier alpha value is -1.74. The van der Waals surface area contributed by atoms with E-state index in [1.807, 2.05) is 24.4 Å². The number of benzene rings is 1. The van der Waals surface area contributed by atoms with Crippen LogP contribution in [0.2, 0.25) is 0 Å². The lowest BCUT2D eigenvalue weighted by atomic mass is 10.1. The average molecular weight is 382 g/mol. The lowest BCUT2D eigenvalue weighted by Gasteiger charge is -2.10. The van der Waals surface area contributed by atoms with E-state index < -0.39 is 10.0 Å². The first-order chi connectivity index (χ1) is 11.9. The van der Waals surface area contributed by atoms with Crippen molar-refractivity contribution in [1.29, 1.82) is 0 Å². The summed E-state index contributed by atoms with van der Waals surface area (Å²) in [6.07, 6.45) is 0.650. The molecule has 2 aromatic rings. The van der Waals surface area contributed by atoms with E-state index >= 15 is 0 Å². The molecular weight excluding hydrogens is 358 g/mol. The van der Waals surface area contributed by atoms with Gasteiger partial charge in [0, 0.05) is 23.5 Å². The molecule has 0 fully saturated rings. The Kier molecular flexibility index (Phi) is 7.12. The average Bonchev–Trinajstić information content (AvgIpc) is 3.12. The molecule has 0 aliphatic carbocycles. The number of amides is 1. The highest BCUT2D eigenvalue weighted by Gasteiger charge is 2.15. The Balaban J connectivity index is 1.92. The summed E-state index contributed by atoms with van der Waals surface area (Å²) in [5, 5.41) is 4.74. The largest absolute Gasteiger partial charge is 0.352 e. The predicted molar refractivity (Wildman–Crippen MR) is 100 cm³/mol. The van der Waals surface area contributed by atoms with Gasteiger partial charge in [0.05, 0.1) is 4.90 Å². The topological polar surface area (TPSA) is 101 Å². The highest BCUT2D eigenvalue weighted by Crippen LogP contribution is 2.12. The summed E-state index contributed by atoms with van der Waals surface area (Å²) in [6.45, 7) is 3.26. The molecule has 0 aliphatic heterocycles. The van der Waals surface area contributed by atoms with Crippen LogP contribution in [0, 0.1) is 5.92 Å². The fourth-order valence-corrected chi connectivity index (χ4v) is 3.83. The van der Waals surface area contributed by atoms with Crippen LogP contribution in [0.1, 0.15) is 22.2 Å². The van der Waals surface area contributed by atoms with E-state index in [9.17, 15) is 13.2 Å². The van der Waals surface area contributed by atoms with Crippen LogP contribution < -0.4 is 15.8 Å². The molecule has 1 aromatic heterocycles. The van der Waals surface area contributed by atoms with Crippen molar-refractivity contribution in [3.8, 4) is 0 Å². The van der Waals surface area contributed by atoms with Crippen molar-refractivity contribution in [3.63, 3.8) is 0 Å². The lowest BCUT2D eigenvalue weighted by molar-refractivity contribution is 0.0948. The van der Waals surface area contributed by atoms with Gasteiger partial charge in [0.2, 0.25) is 10.0 Å². The molecule has 4 N–H and O–H groups in total. The van der Waals surface area contributed by atoms with Gasteiger partial charge in [-0.3, -0.25) is 4.79 Å². The van der Waals surface area contributed by atoms with Gasteiger partial charge in [-0.1, -0.05) is 13.0 Å². The van der Waals surface area contributed by atoms with Crippen molar-refractivity contribution in [2.75, 3.05) is 19.6 Å². The van der Waals surface area contributed by atoms with E-state index in [1.165, 1.54) is 24.3 Å². The summed E-state index contributed by atoms with van der Waals surface area (Å²) in [7, 11) is -3.58. The number of hydrogen-bond acceptors (Lipinski definition) is 5. The van der Waals surface area contributed by atoms with Crippen LogP contribution in [-0.4, -0.2) is 34.0 Å². The number of sulfonamides is 1. The number of hydrogen-bond donors (Lipinski definition) is 3. The van der Waals surface area contributed by atoms with E-state index in [2.05, 4.69) is 10.0 Å². The second-order valence-electron chi connectivity index (χ2n) is 5.80. The normalized spacial score (nSPS) is 12.7. The van der Waals surface area contributed by atoms with Gasteiger partial charge in [-0.25, -0.2) is 13.1 Å². The first-order valence-corrected chi connectivity index (χ1v) is 10.4. The van der Waals surface area contributed by atoms with Gasteiger partial charge < -0.3 is 11.1 Å². The quantitative estimate of drug-likeness (QED) is 0.614. The van der Waals surface area contributed by atoms with Crippen LogP contribution in [0.3, 0.4) is 0 Å². The van der Waals surface area contributed by atoms with Gasteiger partial charge >= 0.3 is 0 Å². The highest BCUT2D eigenvalue weighted by atomic mass is 32.2. The lowest BCUT2D eigenvalue weighted by Crippen LogP contribution is -2.31.